The predicted molar refractivity (Wildman–Crippen MR) is 250 cm³/mol. The largest absolute Gasteiger partial charge is 0.507 e. The number of aliphatic hydroxyl groups is 1. The van der Waals surface area contributed by atoms with Crippen LogP contribution in [0.4, 0.5) is 11.6 Å². The number of aliphatic hydroxyl groups excluding tert-OH is 1. The summed E-state index contributed by atoms with van der Waals surface area (Å²) in [5.41, 5.74) is 5.25. The summed E-state index contributed by atoms with van der Waals surface area (Å²) >= 11 is 0. The summed E-state index contributed by atoms with van der Waals surface area (Å²) in [6, 6.07) is 27.2. The van der Waals surface area contributed by atoms with Crippen molar-refractivity contribution in [2.45, 2.75) is 80.0 Å². The Balaban J connectivity index is 0.000000192. The number of carbonyl (C=O) groups excluding carboxylic acids is 1. The second-order valence-electron chi connectivity index (χ2n) is 18.0. The number of phenolic OH excluding ortho intramolecular Hbond substituents is 2. The smallest absolute Gasteiger partial charge is 0.251 e. The first kappa shape index (κ1) is 44.2. The van der Waals surface area contributed by atoms with Gasteiger partial charge in [0.1, 0.15) is 29.2 Å². The van der Waals surface area contributed by atoms with Crippen molar-refractivity contribution in [3.05, 3.63) is 96.1 Å². The molecule has 6 aromatic rings. The summed E-state index contributed by atoms with van der Waals surface area (Å²) in [6.45, 7) is 21.3. The van der Waals surface area contributed by atoms with Gasteiger partial charge in [-0.2, -0.15) is 0 Å². The second kappa shape index (κ2) is 19.0. The van der Waals surface area contributed by atoms with Gasteiger partial charge in [-0.3, -0.25) is 4.79 Å². The standard InChI is InChI=1S/C28H36N4O3.C22H26N4O/c1-17(2)14-25(34)28(35)31-12-13-32(23(16-31)18(3)4)27-20-11-10-19(5)15-22(20)29-26(30-27)21-8-6-7-9-24(21)33;1-14(2)19-13-23-10-11-26(19)22-16-9-8-15(3)12-18(16)24-21(25-22)17-6-4-5-7-20(17)27/h6-11,15,17-18,23,25,33-34H,12-14,16H2,1-5H3;4-9,12,14,19,23,27H,10-11,13H2,1-3H3/t23-,25-;19-/m11/s1. The van der Waals surface area contributed by atoms with E-state index >= 15 is 0 Å². The van der Waals surface area contributed by atoms with Gasteiger partial charge in [0.15, 0.2) is 11.6 Å². The number of carbonyl (C=O) groups is 1. The number of amides is 1. The highest BCUT2D eigenvalue weighted by molar-refractivity contribution is 5.93. The minimum Gasteiger partial charge on any atom is -0.507 e. The molecule has 2 aliphatic heterocycles. The van der Waals surface area contributed by atoms with Crippen LogP contribution in [-0.2, 0) is 4.79 Å². The maximum absolute atomic E-state index is 13.0. The van der Waals surface area contributed by atoms with E-state index < -0.39 is 6.10 Å². The molecule has 1 amide bonds. The Labute approximate surface area is 365 Å². The Kier molecular flexibility index (Phi) is 13.6. The molecule has 0 saturated carbocycles. The van der Waals surface area contributed by atoms with Crippen LogP contribution >= 0.6 is 0 Å². The van der Waals surface area contributed by atoms with Crippen LogP contribution in [0.1, 0.15) is 59.1 Å². The molecule has 12 nitrogen and oxygen atoms in total. The molecule has 2 aromatic heterocycles. The van der Waals surface area contributed by atoms with E-state index in [1.807, 2.05) is 57.2 Å². The van der Waals surface area contributed by atoms with Gasteiger partial charge in [-0.25, -0.2) is 19.9 Å². The Morgan fingerprint density at radius 2 is 1.18 bits per heavy atom. The van der Waals surface area contributed by atoms with E-state index in [1.54, 1.807) is 23.1 Å². The zero-order valence-electron chi connectivity index (χ0n) is 37.4. The number of nitrogens with one attached hydrogen (secondary N) is 1. The summed E-state index contributed by atoms with van der Waals surface area (Å²) < 4.78 is 0. The Morgan fingerprint density at radius 3 is 1.66 bits per heavy atom. The summed E-state index contributed by atoms with van der Waals surface area (Å²) in [6.07, 6.45) is -0.504. The van der Waals surface area contributed by atoms with Crippen molar-refractivity contribution in [1.82, 2.24) is 30.2 Å². The molecule has 8 rings (SSSR count). The first-order valence-electron chi connectivity index (χ1n) is 22.0. The molecule has 4 heterocycles. The number of aryl methyl sites for hydroxylation is 2. The van der Waals surface area contributed by atoms with E-state index in [9.17, 15) is 20.1 Å². The monoisotopic (exact) mass is 838 g/mol. The van der Waals surface area contributed by atoms with E-state index in [2.05, 4.69) is 80.1 Å². The van der Waals surface area contributed by atoms with Crippen LogP contribution in [0.5, 0.6) is 11.5 Å². The SMILES string of the molecule is Cc1ccc2c(N3CCN(C(=O)[C@H](O)CC(C)C)C[C@@H]3C(C)C)nc(-c3ccccc3O)nc2c1.Cc1ccc2c(N3CCNC[C@@H]3C(C)C)nc(-c3ccccc3O)nc2c1. The molecule has 0 radical (unpaired) electrons. The Morgan fingerprint density at radius 1 is 0.677 bits per heavy atom. The molecule has 2 saturated heterocycles. The molecule has 4 N–H and O–H groups in total. The van der Waals surface area contributed by atoms with Crippen molar-refractivity contribution in [3.63, 3.8) is 0 Å². The fraction of sp³-hybridized carbons (Fsp3) is 0.420. The second-order valence-corrected chi connectivity index (χ2v) is 18.0. The number of rotatable bonds is 9. The van der Waals surface area contributed by atoms with Crippen molar-refractivity contribution in [2.75, 3.05) is 49.1 Å². The molecule has 326 valence electrons. The van der Waals surface area contributed by atoms with Gasteiger partial charge in [-0.1, -0.05) is 77.9 Å². The lowest BCUT2D eigenvalue weighted by atomic mass is 9.97. The van der Waals surface area contributed by atoms with Crippen LogP contribution in [-0.4, -0.2) is 104 Å². The number of anilines is 2. The van der Waals surface area contributed by atoms with Gasteiger partial charge in [0, 0.05) is 56.1 Å². The van der Waals surface area contributed by atoms with E-state index in [-0.39, 0.29) is 35.3 Å². The zero-order chi connectivity index (χ0) is 44.2. The minimum atomic E-state index is -0.968. The maximum Gasteiger partial charge on any atom is 0.251 e. The van der Waals surface area contributed by atoms with E-state index in [0.717, 1.165) is 64.2 Å². The average Bonchev–Trinajstić information content (AvgIpc) is 3.25. The number of hydrogen-bond donors (Lipinski definition) is 4. The number of nitrogens with zero attached hydrogens (tertiary/aromatic N) is 7. The number of hydrogen-bond acceptors (Lipinski definition) is 11. The molecular weight excluding hydrogens is 777 g/mol. The van der Waals surface area contributed by atoms with Gasteiger partial charge in [-0.05, 0) is 97.7 Å². The van der Waals surface area contributed by atoms with Gasteiger partial charge in [-0.15, -0.1) is 0 Å². The van der Waals surface area contributed by atoms with E-state index in [1.165, 1.54) is 0 Å². The van der Waals surface area contributed by atoms with Crippen LogP contribution in [0.25, 0.3) is 44.6 Å². The van der Waals surface area contributed by atoms with Gasteiger partial charge in [0.25, 0.3) is 5.91 Å². The average molecular weight is 839 g/mol. The third-order valence-electron chi connectivity index (χ3n) is 12.0. The minimum absolute atomic E-state index is 0.0237. The van der Waals surface area contributed by atoms with Gasteiger partial charge in [0.2, 0.25) is 0 Å². The molecule has 12 heteroatoms. The summed E-state index contributed by atoms with van der Waals surface area (Å²) in [7, 11) is 0. The van der Waals surface area contributed by atoms with Gasteiger partial charge in [0.05, 0.1) is 28.2 Å². The first-order chi connectivity index (χ1) is 29.7. The molecule has 0 bridgehead atoms. The molecule has 4 aromatic carbocycles. The normalized spacial score (nSPS) is 17.5. The number of phenols is 2. The fourth-order valence-electron chi connectivity index (χ4n) is 8.64. The number of fused-ring (bicyclic) bond motifs is 2. The first-order valence-corrected chi connectivity index (χ1v) is 22.0. The van der Waals surface area contributed by atoms with Crippen molar-refractivity contribution < 1.29 is 20.1 Å². The highest BCUT2D eigenvalue weighted by Crippen LogP contribution is 2.36. The molecule has 3 atom stereocenters. The van der Waals surface area contributed by atoms with Gasteiger partial charge < -0.3 is 35.3 Å². The maximum atomic E-state index is 13.0. The molecule has 0 unspecified atom stereocenters. The summed E-state index contributed by atoms with van der Waals surface area (Å²) in [4.78, 5) is 38.9. The number of benzene rings is 4. The lowest BCUT2D eigenvalue weighted by molar-refractivity contribution is -0.142. The van der Waals surface area contributed by atoms with Crippen molar-refractivity contribution in [2.24, 2.45) is 17.8 Å². The lowest BCUT2D eigenvalue weighted by Gasteiger charge is -2.45. The molecule has 0 spiro atoms. The predicted octanol–water partition coefficient (Wildman–Crippen LogP) is 8.14. The van der Waals surface area contributed by atoms with E-state index in [0.29, 0.717) is 60.8 Å². The molecule has 2 aliphatic rings. The fourth-order valence-corrected chi connectivity index (χ4v) is 8.64. The number of aromatic hydroxyl groups is 2. The molecule has 62 heavy (non-hydrogen) atoms. The van der Waals surface area contributed by atoms with Crippen LogP contribution in [0, 0.1) is 31.6 Å². The molecule has 0 aliphatic carbocycles. The van der Waals surface area contributed by atoms with E-state index in [4.69, 9.17) is 19.9 Å². The van der Waals surface area contributed by atoms with Crippen LogP contribution in [0.3, 0.4) is 0 Å². The van der Waals surface area contributed by atoms with Crippen LogP contribution in [0.15, 0.2) is 84.9 Å². The third-order valence-corrected chi connectivity index (χ3v) is 12.0. The Hall–Kier alpha value is -5.85. The summed E-state index contributed by atoms with van der Waals surface area (Å²) in [5, 5.41) is 36.8. The van der Waals surface area contributed by atoms with Crippen LogP contribution < -0.4 is 15.1 Å². The van der Waals surface area contributed by atoms with Crippen molar-refractivity contribution >= 4 is 39.3 Å². The van der Waals surface area contributed by atoms with Crippen molar-refractivity contribution in [3.8, 4) is 34.3 Å². The highest BCUT2D eigenvalue weighted by atomic mass is 16.3. The summed E-state index contributed by atoms with van der Waals surface area (Å²) in [5.74, 6) is 3.96. The molecular formula is C50H62N8O4. The zero-order valence-corrected chi connectivity index (χ0v) is 37.4. The highest BCUT2D eigenvalue weighted by Gasteiger charge is 2.36. The quantitative estimate of drug-likeness (QED) is 0.112. The number of aromatic nitrogens is 4. The lowest BCUT2D eigenvalue weighted by Crippen LogP contribution is -2.58. The topological polar surface area (TPSA) is 151 Å². The Bertz CT molecular complexity index is 2530. The van der Waals surface area contributed by atoms with Crippen molar-refractivity contribution in [1.29, 1.82) is 0 Å². The number of para-hydroxylation sites is 2. The molecule has 2 fully saturated rings. The third kappa shape index (κ3) is 9.61. The van der Waals surface area contributed by atoms with Gasteiger partial charge >= 0.3 is 0 Å². The number of piperazine rings is 2. The van der Waals surface area contributed by atoms with Crippen LogP contribution in [0.2, 0.25) is 0 Å².